The van der Waals surface area contributed by atoms with Crippen LogP contribution in [-0.4, -0.2) is 29.2 Å². The highest BCUT2D eigenvalue weighted by atomic mass is 127. The molecule has 0 fully saturated rings. The fraction of sp³-hybridized carbons (Fsp3) is 0.611. The number of aliphatic imine (C=N–C) groups is 1. The van der Waals surface area contributed by atoms with Crippen molar-refractivity contribution in [1.29, 1.82) is 0 Å². The van der Waals surface area contributed by atoms with Gasteiger partial charge in [0.2, 0.25) is 0 Å². The van der Waals surface area contributed by atoms with E-state index in [0.29, 0.717) is 12.5 Å². The number of hydrogen-bond donors (Lipinski definition) is 2. The average Bonchev–Trinajstić information content (AvgIpc) is 3.21. The number of aryl methyl sites for hydroxylation is 2. The molecule has 0 saturated carbocycles. The maximum atomic E-state index is 5.33. The molecule has 2 aromatic heterocycles. The summed E-state index contributed by atoms with van der Waals surface area (Å²) in [5.74, 6) is 1.98. The summed E-state index contributed by atoms with van der Waals surface area (Å²) in [6.07, 6.45) is 3.26. The first kappa shape index (κ1) is 22.9. The molecule has 26 heavy (non-hydrogen) atoms. The van der Waals surface area contributed by atoms with Crippen molar-refractivity contribution in [3.05, 3.63) is 33.6 Å². The van der Waals surface area contributed by atoms with Gasteiger partial charge in [-0.3, -0.25) is 0 Å². The summed E-state index contributed by atoms with van der Waals surface area (Å²) < 4.78 is 5.33. The Morgan fingerprint density at radius 2 is 2.12 bits per heavy atom. The maximum Gasteiger partial charge on any atom is 0.191 e. The number of guanidine groups is 1. The van der Waals surface area contributed by atoms with Crippen molar-refractivity contribution in [3.8, 4) is 0 Å². The number of nitrogens with zero attached hydrogens (tertiary/aromatic N) is 3. The smallest absolute Gasteiger partial charge is 0.191 e. The quantitative estimate of drug-likeness (QED) is 0.237. The molecular weight excluding hydrogens is 461 g/mol. The van der Waals surface area contributed by atoms with E-state index in [1.807, 2.05) is 13.0 Å². The van der Waals surface area contributed by atoms with Gasteiger partial charge in [-0.15, -0.1) is 35.3 Å². The van der Waals surface area contributed by atoms with Crippen LogP contribution in [0, 0.1) is 6.92 Å². The highest BCUT2D eigenvalue weighted by Crippen LogP contribution is 2.14. The molecule has 6 nitrogen and oxygen atoms in total. The van der Waals surface area contributed by atoms with Crippen molar-refractivity contribution >= 4 is 41.3 Å². The summed E-state index contributed by atoms with van der Waals surface area (Å²) >= 11 is 1.75. The molecule has 2 N–H and O–H groups in total. The molecule has 0 aliphatic heterocycles. The predicted octanol–water partition coefficient (Wildman–Crippen LogP) is 4.26. The lowest BCUT2D eigenvalue weighted by Gasteiger charge is -2.10. The molecule has 0 aliphatic carbocycles. The van der Waals surface area contributed by atoms with Gasteiger partial charge in [0.05, 0.1) is 10.7 Å². The summed E-state index contributed by atoms with van der Waals surface area (Å²) in [7, 11) is 0. The number of unbranched alkanes of at least 4 members (excludes halogenated alkanes) is 1. The van der Waals surface area contributed by atoms with Crippen LogP contribution in [-0.2, 0) is 13.0 Å². The van der Waals surface area contributed by atoms with Gasteiger partial charge in [-0.25, -0.2) is 9.98 Å². The van der Waals surface area contributed by atoms with Gasteiger partial charge in [0.25, 0.3) is 0 Å². The van der Waals surface area contributed by atoms with Gasteiger partial charge in [0.15, 0.2) is 11.7 Å². The topological polar surface area (TPSA) is 75.3 Å². The van der Waals surface area contributed by atoms with Crippen LogP contribution in [0.15, 0.2) is 21.0 Å². The third-order valence-electron chi connectivity index (χ3n) is 3.68. The van der Waals surface area contributed by atoms with E-state index in [-0.39, 0.29) is 24.0 Å². The standard InChI is InChI=1S/C18H29N5OS.HI/c1-5-19-18(21-11-15-10-16(13(2)3)23-24-15)20-9-7-6-8-17-22-14(4)12-25-17;/h10,12-13H,5-9,11H2,1-4H3,(H2,19,20,21);1H. The summed E-state index contributed by atoms with van der Waals surface area (Å²) in [4.78, 5) is 9.06. The van der Waals surface area contributed by atoms with Crippen LogP contribution in [0.4, 0.5) is 0 Å². The lowest BCUT2D eigenvalue weighted by Crippen LogP contribution is -2.37. The Bertz CT molecular complexity index is 668. The Hall–Kier alpha value is -1.16. The molecule has 2 rings (SSSR count). The van der Waals surface area contributed by atoms with Crippen LogP contribution in [0.1, 0.15) is 61.7 Å². The second-order valence-electron chi connectivity index (χ2n) is 6.33. The van der Waals surface area contributed by atoms with Crippen LogP contribution in [0.25, 0.3) is 0 Å². The molecule has 0 bridgehead atoms. The Kier molecular flexibility index (Phi) is 10.8. The predicted molar refractivity (Wildman–Crippen MR) is 119 cm³/mol. The molecule has 2 heterocycles. The normalized spacial score (nSPS) is 11.5. The number of aromatic nitrogens is 2. The van der Waals surface area contributed by atoms with Crippen molar-refractivity contribution in [2.24, 2.45) is 4.99 Å². The van der Waals surface area contributed by atoms with E-state index in [2.05, 4.69) is 51.9 Å². The number of nitrogens with one attached hydrogen (secondary N) is 2. The minimum atomic E-state index is 0. The van der Waals surface area contributed by atoms with E-state index in [4.69, 9.17) is 4.52 Å². The van der Waals surface area contributed by atoms with Crippen LogP contribution >= 0.6 is 35.3 Å². The van der Waals surface area contributed by atoms with E-state index in [9.17, 15) is 0 Å². The van der Waals surface area contributed by atoms with E-state index < -0.39 is 0 Å². The number of thiazole rings is 1. The first-order valence-corrected chi connectivity index (χ1v) is 9.85. The summed E-state index contributed by atoms with van der Waals surface area (Å²) in [6.45, 7) is 10.5. The molecule has 0 spiro atoms. The summed E-state index contributed by atoms with van der Waals surface area (Å²) in [5, 5.41) is 14.0. The number of halogens is 1. The van der Waals surface area contributed by atoms with Gasteiger partial charge >= 0.3 is 0 Å². The zero-order valence-corrected chi connectivity index (χ0v) is 19.2. The molecule has 2 aromatic rings. The SMILES string of the molecule is CCNC(=NCc1cc(C(C)C)no1)NCCCCc1nc(C)cs1.I. The van der Waals surface area contributed by atoms with Crippen molar-refractivity contribution < 1.29 is 4.52 Å². The highest BCUT2D eigenvalue weighted by molar-refractivity contribution is 14.0. The molecule has 0 unspecified atom stereocenters. The average molecular weight is 491 g/mol. The minimum absolute atomic E-state index is 0. The maximum absolute atomic E-state index is 5.33. The fourth-order valence-corrected chi connectivity index (χ4v) is 3.12. The Balaban J connectivity index is 0.00000338. The van der Waals surface area contributed by atoms with E-state index >= 15 is 0 Å². The van der Waals surface area contributed by atoms with Gasteiger partial charge in [-0.1, -0.05) is 19.0 Å². The van der Waals surface area contributed by atoms with Crippen molar-refractivity contribution in [1.82, 2.24) is 20.8 Å². The molecule has 0 atom stereocenters. The van der Waals surface area contributed by atoms with Gasteiger partial charge in [0, 0.05) is 30.2 Å². The second kappa shape index (κ2) is 12.3. The monoisotopic (exact) mass is 491 g/mol. The number of rotatable bonds is 9. The zero-order chi connectivity index (χ0) is 18.1. The van der Waals surface area contributed by atoms with E-state index in [0.717, 1.165) is 55.5 Å². The molecule has 0 radical (unpaired) electrons. The minimum Gasteiger partial charge on any atom is -0.359 e. The number of hydrogen-bond acceptors (Lipinski definition) is 5. The van der Waals surface area contributed by atoms with Crippen molar-refractivity contribution in [2.75, 3.05) is 13.1 Å². The molecule has 0 amide bonds. The van der Waals surface area contributed by atoms with Crippen LogP contribution in [0.5, 0.6) is 0 Å². The Labute approximate surface area is 177 Å². The Morgan fingerprint density at radius 3 is 2.73 bits per heavy atom. The molecule has 0 aliphatic rings. The third-order valence-corrected chi connectivity index (χ3v) is 4.71. The lowest BCUT2D eigenvalue weighted by molar-refractivity contribution is 0.376. The molecule has 146 valence electrons. The first-order chi connectivity index (χ1) is 12.1. The molecule has 8 heteroatoms. The third kappa shape index (κ3) is 8.03. The van der Waals surface area contributed by atoms with Crippen LogP contribution in [0.3, 0.4) is 0 Å². The summed E-state index contributed by atoms with van der Waals surface area (Å²) in [6, 6.07) is 1.98. The Morgan fingerprint density at radius 1 is 1.31 bits per heavy atom. The molecule has 0 saturated heterocycles. The van der Waals surface area contributed by atoms with Crippen molar-refractivity contribution in [2.45, 2.75) is 59.4 Å². The van der Waals surface area contributed by atoms with E-state index in [1.54, 1.807) is 11.3 Å². The summed E-state index contributed by atoms with van der Waals surface area (Å²) in [5.41, 5.74) is 2.09. The van der Waals surface area contributed by atoms with Gasteiger partial charge in [-0.05, 0) is 39.0 Å². The van der Waals surface area contributed by atoms with E-state index in [1.165, 1.54) is 5.01 Å². The van der Waals surface area contributed by atoms with Gasteiger partial charge < -0.3 is 15.2 Å². The molecule has 0 aromatic carbocycles. The van der Waals surface area contributed by atoms with Gasteiger partial charge in [0.1, 0.15) is 6.54 Å². The second-order valence-corrected chi connectivity index (χ2v) is 7.28. The first-order valence-electron chi connectivity index (χ1n) is 8.97. The van der Waals surface area contributed by atoms with Crippen LogP contribution < -0.4 is 10.6 Å². The fourth-order valence-electron chi connectivity index (χ4n) is 2.30. The zero-order valence-electron chi connectivity index (χ0n) is 16.0. The highest BCUT2D eigenvalue weighted by Gasteiger charge is 2.07. The largest absolute Gasteiger partial charge is 0.359 e. The van der Waals surface area contributed by atoms with Crippen molar-refractivity contribution in [3.63, 3.8) is 0 Å². The lowest BCUT2D eigenvalue weighted by atomic mass is 10.1. The van der Waals surface area contributed by atoms with Gasteiger partial charge in [-0.2, -0.15) is 0 Å². The van der Waals surface area contributed by atoms with Crippen LogP contribution in [0.2, 0.25) is 0 Å². The molecular formula is C18H30IN5OS.